The lowest BCUT2D eigenvalue weighted by atomic mass is 10.0. The Kier molecular flexibility index (Phi) is 9.14. The van der Waals surface area contributed by atoms with E-state index in [1.54, 1.807) is 6.07 Å². The Morgan fingerprint density at radius 1 is 1.04 bits per heavy atom. The van der Waals surface area contributed by atoms with Gasteiger partial charge in [-0.2, -0.15) is 0 Å². The lowest BCUT2D eigenvalue weighted by Gasteiger charge is -2.15. The average molecular weight is 323 g/mol. The standard InChI is InChI=1S/C18H29NO4/c1-2-3-4-5-6-7-8-11-19-15(18(22)23)12-14-9-10-16(20)17(21)13-14/h9-10,13,15,19-21H,2-8,11-12H2,1H3,(H,22,23)/t15-/m0/s1. The van der Waals surface area contributed by atoms with Gasteiger partial charge in [0, 0.05) is 0 Å². The second-order valence-electron chi connectivity index (χ2n) is 5.99. The number of aromatic hydroxyl groups is 2. The van der Waals surface area contributed by atoms with E-state index >= 15 is 0 Å². The molecular weight excluding hydrogens is 294 g/mol. The maximum absolute atomic E-state index is 11.3. The molecule has 0 bridgehead atoms. The maximum atomic E-state index is 11.3. The molecule has 0 aliphatic carbocycles. The van der Waals surface area contributed by atoms with Gasteiger partial charge in [-0.15, -0.1) is 0 Å². The Hall–Kier alpha value is -1.75. The molecule has 0 radical (unpaired) electrons. The van der Waals surface area contributed by atoms with Crippen LogP contribution in [0.1, 0.15) is 57.4 Å². The van der Waals surface area contributed by atoms with Crippen LogP contribution in [-0.4, -0.2) is 33.9 Å². The molecule has 1 aromatic rings. The molecule has 0 spiro atoms. The van der Waals surface area contributed by atoms with Crippen LogP contribution in [0.15, 0.2) is 18.2 Å². The van der Waals surface area contributed by atoms with E-state index in [2.05, 4.69) is 12.2 Å². The highest BCUT2D eigenvalue weighted by molar-refractivity contribution is 5.74. The molecule has 1 atom stereocenters. The van der Waals surface area contributed by atoms with E-state index in [1.165, 1.54) is 44.2 Å². The number of unbranched alkanes of at least 4 members (excludes halogenated alkanes) is 6. The number of hydrogen-bond acceptors (Lipinski definition) is 4. The van der Waals surface area contributed by atoms with Gasteiger partial charge in [0.1, 0.15) is 6.04 Å². The van der Waals surface area contributed by atoms with E-state index in [-0.39, 0.29) is 17.9 Å². The first-order chi connectivity index (χ1) is 11.0. The third kappa shape index (κ3) is 7.88. The number of carboxylic acids is 1. The molecule has 0 aliphatic heterocycles. The minimum Gasteiger partial charge on any atom is -0.504 e. The van der Waals surface area contributed by atoms with Gasteiger partial charge < -0.3 is 20.6 Å². The van der Waals surface area contributed by atoms with Crippen molar-refractivity contribution in [2.24, 2.45) is 0 Å². The van der Waals surface area contributed by atoms with Crippen LogP contribution in [0.4, 0.5) is 0 Å². The molecule has 1 aromatic carbocycles. The first-order valence-electron chi connectivity index (χ1n) is 8.51. The quantitative estimate of drug-likeness (QED) is 0.349. The van der Waals surface area contributed by atoms with Crippen molar-refractivity contribution in [1.29, 1.82) is 0 Å². The fourth-order valence-electron chi connectivity index (χ4n) is 2.54. The summed E-state index contributed by atoms with van der Waals surface area (Å²) in [5, 5.41) is 31.1. The van der Waals surface area contributed by atoms with Crippen molar-refractivity contribution < 1.29 is 20.1 Å². The fraction of sp³-hybridized carbons (Fsp3) is 0.611. The van der Waals surface area contributed by atoms with Crippen molar-refractivity contribution in [1.82, 2.24) is 5.32 Å². The topological polar surface area (TPSA) is 89.8 Å². The summed E-state index contributed by atoms with van der Waals surface area (Å²) in [7, 11) is 0. The zero-order valence-electron chi connectivity index (χ0n) is 13.9. The first kappa shape index (κ1) is 19.3. The normalized spacial score (nSPS) is 12.2. The highest BCUT2D eigenvalue weighted by Crippen LogP contribution is 2.25. The maximum Gasteiger partial charge on any atom is 0.321 e. The lowest BCUT2D eigenvalue weighted by Crippen LogP contribution is -2.39. The van der Waals surface area contributed by atoms with Gasteiger partial charge in [-0.3, -0.25) is 4.79 Å². The minimum absolute atomic E-state index is 0.198. The number of nitrogens with one attached hydrogen (secondary N) is 1. The first-order valence-corrected chi connectivity index (χ1v) is 8.51. The molecule has 4 N–H and O–H groups in total. The van der Waals surface area contributed by atoms with E-state index in [0.717, 1.165) is 12.8 Å². The minimum atomic E-state index is -0.902. The molecule has 5 nitrogen and oxygen atoms in total. The third-order valence-corrected chi connectivity index (χ3v) is 3.95. The Morgan fingerprint density at radius 2 is 1.70 bits per heavy atom. The molecule has 0 heterocycles. The van der Waals surface area contributed by atoms with E-state index in [0.29, 0.717) is 12.1 Å². The molecule has 0 saturated heterocycles. The molecule has 23 heavy (non-hydrogen) atoms. The molecule has 0 aliphatic rings. The van der Waals surface area contributed by atoms with Crippen LogP contribution in [0, 0.1) is 0 Å². The number of aliphatic carboxylic acids is 1. The summed E-state index contributed by atoms with van der Waals surface area (Å²) in [5.41, 5.74) is 0.680. The molecule has 0 unspecified atom stereocenters. The monoisotopic (exact) mass is 323 g/mol. The number of phenolic OH excluding ortho intramolecular Hbond substituents is 2. The van der Waals surface area contributed by atoms with Crippen LogP contribution >= 0.6 is 0 Å². The van der Waals surface area contributed by atoms with Crippen LogP contribution in [-0.2, 0) is 11.2 Å². The Balaban J connectivity index is 2.29. The van der Waals surface area contributed by atoms with Crippen molar-refractivity contribution >= 4 is 5.97 Å². The van der Waals surface area contributed by atoms with Gasteiger partial charge in [0.2, 0.25) is 0 Å². The fourth-order valence-corrected chi connectivity index (χ4v) is 2.54. The highest BCUT2D eigenvalue weighted by atomic mass is 16.4. The summed E-state index contributed by atoms with van der Waals surface area (Å²) in [6.45, 7) is 2.87. The van der Waals surface area contributed by atoms with Gasteiger partial charge in [0.15, 0.2) is 11.5 Å². The SMILES string of the molecule is CCCCCCCCCN[C@@H](Cc1ccc(O)c(O)c1)C(=O)O. The predicted octanol–water partition coefficient (Wildman–Crippen LogP) is 3.43. The Bertz CT molecular complexity index is 476. The predicted molar refractivity (Wildman–Crippen MR) is 90.9 cm³/mol. The van der Waals surface area contributed by atoms with Crippen molar-refractivity contribution in [2.45, 2.75) is 64.3 Å². The third-order valence-electron chi connectivity index (χ3n) is 3.95. The zero-order valence-corrected chi connectivity index (χ0v) is 13.9. The van der Waals surface area contributed by atoms with Gasteiger partial charge in [-0.05, 0) is 37.1 Å². The van der Waals surface area contributed by atoms with Gasteiger partial charge >= 0.3 is 5.97 Å². The van der Waals surface area contributed by atoms with Gasteiger partial charge in [-0.1, -0.05) is 51.5 Å². The summed E-state index contributed by atoms with van der Waals surface area (Å²) in [5.74, 6) is -1.32. The Labute approximate surface area is 138 Å². The van der Waals surface area contributed by atoms with Gasteiger partial charge in [0.25, 0.3) is 0 Å². The van der Waals surface area contributed by atoms with Crippen molar-refractivity contribution in [2.75, 3.05) is 6.54 Å². The number of hydrogen-bond donors (Lipinski definition) is 4. The van der Waals surface area contributed by atoms with Gasteiger partial charge in [0.05, 0.1) is 0 Å². The number of phenols is 2. The van der Waals surface area contributed by atoms with E-state index < -0.39 is 12.0 Å². The number of benzene rings is 1. The summed E-state index contributed by atoms with van der Waals surface area (Å²) in [6.07, 6.45) is 8.63. The summed E-state index contributed by atoms with van der Waals surface area (Å²) >= 11 is 0. The van der Waals surface area contributed by atoms with Crippen LogP contribution in [0.2, 0.25) is 0 Å². The number of rotatable bonds is 12. The zero-order chi connectivity index (χ0) is 17.1. The van der Waals surface area contributed by atoms with E-state index in [9.17, 15) is 20.1 Å². The molecule has 1 rings (SSSR count). The molecule has 0 fully saturated rings. The van der Waals surface area contributed by atoms with Crippen LogP contribution in [0.3, 0.4) is 0 Å². The second-order valence-corrected chi connectivity index (χ2v) is 5.99. The number of carboxylic acid groups (broad SMARTS) is 1. The molecule has 0 saturated carbocycles. The highest BCUT2D eigenvalue weighted by Gasteiger charge is 2.17. The van der Waals surface area contributed by atoms with E-state index in [1.807, 2.05) is 0 Å². The Morgan fingerprint density at radius 3 is 2.30 bits per heavy atom. The molecule has 5 heteroatoms. The van der Waals surface area contributed by atoms with Crippen LogP contribution < -0.4 is 5.32 Å². The van der Waals surface area contributed by atoms with Crippen LogP contribution in [0.25, 0.3) is 0 Å². The van der Waals surface area contributed by atoms with Crippen LogP contribution in [0.5, 0.6) is 11.5 Å². The molecular formula is C18H29NO4. The van der Waals surface area contributed by atoms with Crippen molar-refractivity contribution in [3.63, 3.8) is 0 Å². The largest absolute Gasteiger partial charge is 0.504 e. The lowest BCUT2D eigenvalue weighted by molar-refractivity contribution is -0.139. The summed E-state index contributed by atoms with van der Waals surface area (Å²) in [4.78, 5) is 11.3. The molecule has 130 valence electrons. The average Bonchev–Trinajstić information content (AvgIpc) is 2.52. The van der Waals surface area contributed by atoms with Crippen molar-refractivity contribution in [3.05, 3.63) is 23.8 Å². The number of carbonyl (C=O) groups is 1. The summed E-state index contributed by atoms with van der Waals surface area (Å²) in [6, 6.07) is 3.72. The second kappa shape index (κ2) is 10.9. The molecule has 0 aromatic heterocycles. The smallest absolute Gasteiger partial charge is 0.321 e. The molecule has 0 amide bonds. The summed E-state index contributed by atoms with van der Waals surface area (Å²) < 4.78 is 0. The van der Waals surface area contributed by atoms with Gasteiger partial charge in [-0.25, -0.2) is 0 Å². The van der Waals surface area contributed by atoms with Crippen molar-refractivity contribution in [3.8, 4) is 11.5 Å². The van der Waals surface area contributed by atoms with E-state index in [4.69, 9.17) is 0 Å².